The van der Waals surface area contributed by atoms with E-state index in [0.29, 0.717) is 22.0 Å². The number of nitrogens with zero attached hydrogens (tertiary/aromatic N) is 1. The number of ether oxygens (including phenoxy) is 1. The van der Waals surface area contributed by atoms with Crippen LogP contribution in [0.2, 0.25) is 5.02 Å². The molecular formula is C23H15ClN2O3S. The van der Waals surface area contributed by atoms with E-state index in [1.165, 1.54) is 17.4 Å². The van der Waals surface area contributed by atoms with Gasteiger partial charge in [0.15, 0.2) is 0 Å². The van der Waals surface area contributed by atoms with Gasteiger partial charge in [-0.15, -0.1) is 11.3 Å². The SMILES string of the molecule is O=C(/C=C/c1nc2ccccc2s1)Oc1ccc(NC(=O)c2ccccc2Cl)cc1. The molecule has 0 saturated carbocycles. The first-order valence-electron chi connectivity index (χ1n) is 9.00. The molecule has 0 aliphatic rings. The molecule has 5 nitrogen and oxygen atoms in total. The summed E-state index contributed by atoms with van der Waals surface area (Å²) < 4.78 is 6.35. The molecule has 0 fully saturated rings. The number of nitrogens with one attached hydrogen (secondary N) is 1. The summed E-state index contributed by atoms with van der Waals surface area (Å²) in [6.07, 6.45) is 2.97. The van der Waals surface area contributed by atoms with Crippen LogP contribution in [0.25, 0.3) is 16.3 Å². The van der Waals surface area contributed by atoms with Crippen molar-refractivity contribution in [3.05, 3.63) is 94.5 Å². The summed E-state index contributed by atoms with van der Waals surface area (Å²) in [7, 11) is 0. The first-order chi connectivity index (χ1) is 14.6. The standard InChI is InChI=1S/C23H15ClN2O3S/c24-18-6-2-1-5-17(18)23(28)25-15-9-11-16(12-10-15)29-22(27)14-13-21-26-19-7-3-4-8-20(19)30-21/h1-14H,(H,25,28)/b14-13+. The van der Waals surface area contributed by atoms with Crippen LogP contribution in [-0.4, -0.2) is 16.9 Å². The predicted octanol–water partition coefficient (Wildman–Crippen LogP) is 5.82. The highest BCUT2D eigenvalue weighted by Crippen LogP contribution is 2.23. The van der Waals surface area contributed by atoms with Gasteiger partial charge in [-0.25, -0.2) is 9.78 Å². The molecule has 1 N–H and O–H groups in total. The van der Waals surface area contributed by atoms with Crippen molar-refractivity contribution in [2.75, 3.05) is 5.32 Å². The molecule has 30 heavy (non-hydrogen) atoms. The highest BCUT2D eigenvalue weighted by atomic mass is 35.5. The molecule has 7 heteroatoms. The quantitative estimate of drug-likeness (QED) is 0.244. The molecule has 1 amide bonds. The molecular weight excluding hydrogens is 420 g/mol. The summed E-state index contributed by atoms with van der Waals surface area (Å²) in [5.41, 5.74) is 1.84. The third-order valence-corrected chi connectivity index (χ3v) is 5.45. The fourth-order valence-electron chi connectivity index (χ4n) is 2.70. The van der Waals surface area contributed by atoms with Crippen LogP contribution in [0.1, 0.15) is 15.4 Å². The Morgan fingerprint density at radius 1 is 0.967 bits per heavy atom. The highest BCUT2D eigenvalue weighted by Gasteiger charge is 2.10. The third kappa shape index (κ3) is 4.74. The molecule has 0 aliphatic carbocycles. The molecule has 0 unspecified atom stereocenters. The lowest BCUT2D eigenvalue weighted by Gasteiger charge is -2.07. The van der Waals surface area contributed by atoms with Crippen LogP contribution >= 0.6 is 22.9 Å². The van der Waals surface area contributed by atoms with Gasteiger partial charge < -0.3 is 10.1 Å². The number of esters is 1. The Hall–Kier alpha value is -3.48. The average Bonchev–Trinajstić information content (AvgIpc) is 3.17. The lowest BCUT2D eigenvalue weighted by molar-refractivity contribution is -0.128. The summed E-state index contributed by atoms with van der Waals surface area (Å²) in [4.78, 5) is 28.8. The van der Waals surface area contributed by atoms with E-state index in [0.717, 1.165) is 15.2 Å². The number of para-hydroxylation sites is 1. The summed E-state index contributed by atoms with van der Waals surface area (Å²) in [6, 6.07) is 21.1. The van der Waals surface area contributed by atoms with Gasteiger partial charge in [0.25, 0.3) is 5.91 Å². The number of hydrogen-bond donors (Lipinski definition) is 1. The minimum absolute atomic E-state index is 0.316. The molecule has 1 heterocycles. The smallest absolute Gasteiger partial charge is 0.336 e. The molecule has 0 spiro atoms. The number of thiazole rings is 1. The fraction of sp³-hybridized carbons (Fsp3) is 0. The van der Waals surface area contributed by atoms with Crippen molar-refractivity contribution in [3.63, 3.8) is 0 Å². The van der Waals surface area contributed by atoms with Crippen molar-refractivity contribution < 1.29 is 14.3 Å². The van der Waals surface area contributed by atoms with Crippen LogP contribution < -0.4 is 10.1 Å². The fourth-order valence-corrected chi connectivity index (χ4v) is 3.79. The van der Waals surface area contributed by atoms with Crippen LogP contribution in [0.4, 0.5) is 5.69 Å². The van der Waals surface area contributed by atoms with Gasteiger partial charge in [-0.2, -0.15) is 0 Å². The van der Waals surface area contributed by atoms with E-state index in [4.69, 9.17) is 16.3 Å². The molecule has 3 aromatic carbocycles. The minimum Gasteiger partial charge on any atom is -0.423 e. The molecule has 0 saturated heterocycles. The number of aromatic nitrogens is 1. The molecule has 0 atom stereocenters. The number of rotatable bonds is 5. The minimum atomic E-state index is -0.512. The predicted molar refractivity (Wildman–Crippen MR) is 120 cm³/mol. The molecule has 4 rings (SSSR count). The Bertz CT molecular complexity index is 1220. The van der Waals surface area contributed by atoms with Gasteiger partial charge in [0, 0.05) is 11.8 Å². The Kier molecular flexibility index (Phi) is 5.88. The number of amides is 1. The summed E-state index contributed by atoms with van der Waals surface area (Å²) in [5.74, 6) is -0.462. The van der Waals surface area contributed by atoms with Gasteiger partial charge in [-0.3, -0.25) is 4.79 Å². The van der Waals surface area contributed by atoms with Crippen LogP contribution in [-0.2, 0) is 4.79 Å². The van der Waals surface area contributed by atoms with Crippen molar-refractivity contribution in [2.24, 2.45) is 0 Å². The number of halogens is 1. The number of carbonyl (C=O) groups is 2. The second kappa shape index (κ2) is 8.90. The number of carbonyl (C=O) groups excluding carboxylic acids is 2. The zero-order chi connectivity index (χ0) is 20.9. The molecule has 1 aromatic heterocycles. The number of benzene rings is 3. The van der Waals surface area contributed by atoms with Crippen molar-refractivity contribution in [1.29, 1.82) is 0 Å². The molecule has 0 bridgehead atoms. The van der Waals surface area contributed by atoms with E-state index < -0.39 is 5.97 Å². The lowest BCUT2D eigenvalue weighted by Crippen LogP contribution is -2.12. The van der Waals surface area contributed by atoms with Crippen LogP contribution in [0.15, 0.2) is 78.9 Å². The third-order valence-electron chi connectivity index (χ3n) is 4.12. The normalized spacial score (nSPS) is 11.0. The summed E-state index contributed by atoms with van der Waals surface area (Å²) in [6.45, 7) is 0. The van der Waals surface area contributed by atoms with E-state index in [1.54, 1.807) is 54.6 Å². The van der Waals surface area contributed by atoms with Gasteiger partial charge >= 0.3 is 5.97 Å². The second-order valence-electron chi connectivity index (χ2n) is 6.23. The topological polar surface area (TPSA) is 68.3 Å². The zero-order valence-electron chi connectivity index (χ0n) is 15.5. The van der Waals surface area contributed by atoms with Crippen molar-refractivity contribution in [3.8, 4) is 5.75 Å². The lowest BCUT2D eigenvalue weighted by atomic mass is 10.2. The van der Waals surface area contributed by atoms with Gasteiger partial charge in [-0.1, -0.05) is 35.9 Å². The van der Waals surface area contributed by atoms with Crippen LogP contribution in [0.5, 0.6) is 5.75 Å². The van der Waals surface area contributed by atoms with Gasteiger partial charge in [0.05, 0.1) is 20.8 Å². The number of hydrogen-bond acceptors (Lipinski definition) is 5. The Morgan fingerprint density at radius 2 is 1.70 bits per heavy atom. The molecule has 0 radical (unpaired) electrons. The van der Waals surface area contributed by atoms with E-state index in [-0.39, 0.29) is 5.91 Å². The second-order valence-corrected chi connectivity index (χ2v) is 7.70. The zero-order valence-corrected chi connectivity index (χ0v) is 17.1. The van der Waals surface area contributed by atoms with E-state index >= 15 is 0 Å². The maximum absolute atomic E-state index is 12.3. The van der Waals surface area contributed by atoms with Gasteiger partial charge in [-0.05, 0) is 54.6 Å². The Morgan fingerprint density at radius 3 is 2.47 bits per heavy atom. The number of fused-ring (bicyclic) bond motifs is 1. The van der Waals surface area contributed by atoms with E-state index in [9.17, 15) is 9.59 Å². The molecule has 4 aromatic rings. The number of anilines is 1. The van der Waals surface area contributed by atoms with Gasteiger partial charge in [0.1, 0.15) is 10.8 Å². The largest absolute Gasteiger partial charge is 0.423 e. The van der Waals surface area contributed by atoms with Crippen molar-refractivity contribution >= 4 is 56.8 Å². The molecule has 0 aliphatic heterocycles. The average molecular weight is 435 g/mol. The monoisotopic (exact) mass is 434 g/mol. The summed E-state index contributed by atoms with van der Waals surface area (Å²) >= 11 is 7.53. The first kappa shape index (κ1) is 19.8. The first-order valence-corrected chi connectivity index (χ1v) is 10.2. The van der Waals surface area contributed by atoms with Crippen molar-refractivity contribution in [1.82, 2.24) is 4.98 Å². The summed E-state index contributed by atoms with van der Waals surface area (Å²) in [5, 5.41) is 3.86. The maximum Gasteiger partial charge on any atom is 0.336 e. The Balaban J connectivity index is 1.36. The maximum atomic E-state index is 12.3. The highest BCUT2D eigenvalue weighted by molar-refractivity contribution is 7.19. The van der Waals surface area contributed by atoms with Crippen molar-refractivity contribution in [2.45, 2.75) is 0 Å². The van der Waals surface area contributed by atoms with E-state index in [2.05, 4.69) is 10.3 Å². The Labute approximate surface area is 181 Å². The van der Waals surface area contributed by atoms with Gasteiger partial charge in [0.2, 0.25) is 0 Å². The van der Waals surface area contributed by atoms with Crippen LogP contribution in [0.3, 0.4) is 0 Å². The molecule has 148 valence electrons. The van der Waals surface area contributed by atoms with E-state index in [1.807, 2.05) is 24.3 Å². The van der Waals surface area contributed by atoms with Crippen LogP contribution in [0, 0.1) is 0 Å².